The van der Waals surface area contributed by atoms with Crippen molar-refractivity contribution in [2.75, 3.05) is 13.1 Å². The number of hydrogen-bond acceptors (Lipinski definition) is 2. The molecule has 3 aliphatic rings. The molecule has 17 heavy (non-hydrogen) atoms. The van der Waals surface area contributed by atoms with Gasteiger partial charge in [-0.05, 0) is 23.5 Å². The highest BCUT2D eigenvalue weighted by Gasteiger charge is 2.50. The molecular weight excluding hydrogens is 212 g/mol. The van der Waals surface area contributed by atoms with Gasteiger partial charge in [0.05, 0.1) is 6.04 Å². The molecule has 0 bridgehead atoms. The second-order valence-electron chi connectivity index (χ2n) is 5.68. The van der Waals surface area contributed by atoms with Gasteiger partial charge in [0.2, 0.25) is 5.91 Å². The van der Waals surface area contributed by atoms with Crippen LogP contribution in [0.2, 0.25) is 0 Å². The molecule has 2 saturated heterocycles. The number of hydrogen-bond donors (Lipinski definition) is 2. The third-order valence-corrected chi connectivity index (χ3v) is 4.68. The number of benzene rings is 1. The van der Waals surface area contributed by atoms with Crippen LogP contribution in [0.25, 0.3) is 0 Å². The van der Waals surface area contributed by atoms with Crippen molar-refractivity contribution in [3.63, 3.8) is 0 Å². The van der Waals surface area contributed by atoms with E-state index in [1.54, 1.807) is 0 Å². The van der Waals surface area contributed by atoms with E-state index in [-0.39, 0.29) is 11.9 Å². The maximum atomic E-state index is 11.6. The normalized spacial score (nSPS) is 32.6. The molecule has 88 valence electrons. The molecule has 1 spiro atoms. The molecule has 0 saturated carbocycles. The summed E-state index contributed by atoms with van der Waals surface area (Å²) in [5.41, 5.74) is 3.13. The van der Waals surface area contributed by atoms with E-state index in [0.29, 0.717) is 17.8 Å². The Morgan fingerprint density at radius 1 is 1.24 bits per heavy atom. The van der Waals surface area contributed by atoms with Crippen molar-refractivity contribution in [3.8, 4) is 0 Å². The lowest BCUT2D eigenvalue weighted by Gasteiger charge is -2.50. The molecule has 2 N–H and O–H groups in total. The lowest BCUT2D eigenvalue weighted by molar-refractivity contribution is -0.119. The van der Waals surface area contributed by atoms with E-state index in [1.165, 1.54) is 11.1 Å². The van der Waals surface area contributed by atoms with Crippen molar-refractivity contribution < 1.29 is 4.79 Å². The Kier molecular flexibility index (Phi) is 1.76. The molecule has 3 nitrogen and oxygen atoms in total. The number of amides is 1. The molecule has 3 heteroatoms. The van der Waals surface area contributed by atoms with Gasteiger partial charge in [-0.1, -0.05) is 24.3 Å². The summed E-state index contributed by atoms with van der Waals surface area (Å²) in [5.74, 6) is 0.721. The summed E-state index contributed by atoms with van der Waals surface area (Å²) in [5, 5.41) is 6.54. The quantitative estimate of drug-likeness (QED) is 0.698. The molecule has 2 heterocycles. The summed E-state index contributed by atoms with van der Waals surface area (Å²) in [6.45, 7) is 2.14. The molecule has 1 aromatic rings. The van der Waals surface area contributed by atoms with Crippen LogP contribution in [-0.4, -0.2) is 19.0 Å². The van der Waals surface area contributed by atoms with Crippen LogP contribution in [0.15, 0.2) is 24.3 Å². The van der Waals surface area contributed by atoms with Crippen LogP contribution in [-0.2, 0) is 10.2 Å². The van der Waals surface area contributed by atoms with E-state index in [9.17, 15) is 4.79 Å². The van der Waals surface area contributed by atoms with Crippen LogP contribution < -0.4 is 10.6 Å². The van der Waals surface area contributed by atoms with Gasteiger partial charge >= 0.3 is 0 Å². The second-order valence-corrected chi connectivity index (χ2v) is 5.68. The Bertz CT molecular complexity index is 493. The zero-order valence-corrected chi connectivity index (χ0v) is 9.70. The van der Waals surface area contributed by atoms with Crippen LogP contribution in [0.3, 0.4) is 0 Å². The lowest BCUT2D eigenvalue weighted by atomic mass is 9.61. The molecule has 1 aromatic carbocycles. The van der Waals surface area contributed by atoms with Gasteiger partial charge in [0, 0.05) is 24.9 Å². The third kappa shape index (κ3) is 1.18. The van der Waals surface area contributed by atoms with Crippen molar-refractivity contribution in [1.82, 2.24) is 10.6 Å². The van der Waals surface area contributed by atoms with Gasteiger partial charge in [0.25, 0.3) is 0 Å². The molecule has 1 aliphatic carbocycles. The van der Waals surface area contributed by atoms with Gasteiger partial charge in [-0.25, -0.2) is 0 Å². The summed E-state index contributed by atoms with van der Waals surface area (Å²) in [4.78, 5) is 11.6. The van der Waals surface area contributed by atoms with Crippen molar-refractivity contribution in [2.45, 2.75) is 24.3 Å². The van der Waals surface area contributed by atoms with Gasteiger partial charge < -0.3 is 10.6 Å². The minimum absolute atomic E-state index is 0.221. The van der Waals surface area contributed by atoms with Gasteiger partial charge in [-0.2, -0.15) is 0 Å². The summed E-state index contributed by atoms with van der Waals surface area (Å²) in [6, 6.07) is 8.92. The van der Waals surface area contributed by atoms with Gasteiger partial charge in [0.15, 0.2) is 0 Å². The fourth-order valence-corrected chi connectivity index (χ4v) is 3.85. The molecule has 0 unspecified atom stereocenters. The Morgan fingerprint density at radius 2 is 2.06 bits per heavy atom. The number of carbonyl (C=O) groups excluding carboxylic acids is 1. The van der Waals surface area contributed by atoms with E-state index in [4.69, 9.17) is 0 Å². The van der Waals surface area contributed by atoms with Crippen LogP contribution in [0.4, 0.5) is 0 Å². The highest BCUT2D eigenvalue weighted by atomic mass is 16.2. The molecule has 2 atom stereocenters. The van der Waals surface area contributed by atoms with Crippen molar-refractivity contribution >= 4 is 5.91 Å². The molecular formula is C14H16N2O. The Hall–Kier alpha value is -1.35. The molecule has 0 radical (unpaired) electrons. The minimum atomic E-state index is 0.221. The largest absolute Gasteiger partial charge is 0.349 e. The molecule has 2 aliphatic heterocycles. The first-order valence-electron chi connectivity index (χ1n) is 6.38. The first-order chi connectivity index (χ1) is 8.28. The van der Waals surface area contributed by atoms with Crippen LogP contribution >= 0.6 is 0 Å². The number of rotatable bonds is 0. The highest BCUT2D eigenvalue weighted by molar-refractivity contribution is 5.80. The van der Waals surface area contributed by atoms with Crippen LogP contribution in [0.5, 0.6) is 0 Å². The standard InChI is InChI=1S/C14H16N2O/c17-12-5-9-6-14(7-15-8-14)11-4-2-1-3-10(11)13(9)16-12/h1-4,9,13,15H,5-8H2,(H,16,17)/t9-,13-/m0/s1. The van der Waals surface area contributed by atoms with Crippen molar-refractivity contribution in [2.24, 2.45) is 5.92 Å². The summed E-state index contributed by atoms with van der Waals surface area (Å²) < 4.78 is 0. The zero-order valence-electron chi connectivity index (χ0n) is 9.70. The number of nitrogens with one attached hydrogen (secondary N) is 2. The minimum Gasteiger partial charge on any atom is -0.349 e. The summed E-state index contributed by atoms with van der Waals surface area (Å²) in [7, 11) is 0. The molecule has 0 aromatic heterocycles. The zero-order chi connectivity index (χ0) is 11.5. The Balaban J connectivity index is 1.87. The van der Waals surface area contributed by atoms with Crippen molar-refractivity contribution in [3.05, 3.63) is 35.4 Å². The fourth-order valence-electron chi connectivity index (χ4n) is 3.85. The first-order valence-corrected chi connectivity index (χ1v) is 6.38. The van der Waals surface area contributed by atoms with Gasteiger partial charge in [-0.15, -0.1) is 0 Å². The number of carbonyl (C=O) groups is 1. The second kappa shape index (κ2) is 3.10. The van der Waals surface area contributed by atoms with E-state index in [2.05, 4.69) is 34.9 Å². The van der Waals surface area contributed by atoms with Gasteiger partial charge in [-0.3, -0.25) is 4.79 Å². The van der Waals surface area contributed by atoms with E-state index >= 15 is 0 Å². The molecule has 1 amide bonds. The van der Waals surface area contributed by atoms with E-state index < -0.39 is 0 Å². The van der Waals surface area contributed by atoms with Gasteiger partial charge in [0.1, 0.15) is 0 Å². The number of fused-ring (bicyclic) bond motifs is 4. The first kappa shape index (κ1) is 9.66. The van der Waals surface area contributed by atoms with E-state index in [0.717, 1.165) is 19.5 Å². The maximum Gasteiger partial charge on any atom is 0.220 e. The monoisotopic (exact) mass is 228 g/mol. The van der Waals surface area contributed by atoms with Crippen LogP contribution in [0, 0.1) is 5.92 Å². The predicted octanol–water partition coefficient (Wildman–Crippen LogP) is 1.11. The van der Waals surface area contributed by atoms with Crippen molar-refractivity contribution in [1.29, 1.82) is 0 Å². The molecule has 2 fully saturated rings. The smallest absolute Gasteiger partial charge is 0.220 e. The SMILES string of the molecule is O=C1C[C@H]2CC3(CNC3)c3ccccc3[C@H]2N1. The molecule has 4 rings (SSSR count). The average Bonchev–Trinajstić information content (AvgIpc) is 2.66. The fraction of sp³-hybridized carbons (Fsp3) is 0.500. The predicted molar refractivity (Wildman–Crippen MR) is 64.6 cm³/mol. The Labute approximate surface area is 101 Å². The Morgan fingerprint density at radius 3 is 2.82 bits per heavy atom. The lowest BCUT2D eigenvalue weighted by Crippen LogP contribution is -2.59. The maximum absolute atomic E-state index is 11.6. The van der Waals surface area contributed by atoms with Crippen LogP contribution in [0.1, 0.15) is 30.0 Å². The summed E-state index contributed by atoms with van der Waals surface area (Å²) in [6.07, 6.45) is 1.86. The summed E-state index contributed by atoms with van der Waals surface area (Å²) >= 11 is 0. The highest BCUT2D eigenvalue weighted by Crippen LogP contribution is 2.49. The third-order valence-electron chi connectivity index (χ3n) is 4.68. The topological polar surface area (TPSA) is 41.1 Å². The average molecular weight is 228 g/mol. The van der Waals surface area contributed by atoms with E-state index in [1.807, 2.05) is 0 Å².